The van der Waals surface area contributed by atoms with E-state index >= 15 is 0 Å². The molecule has 186 valence electrons. The van der Waals surface area contributed by atoms with Crippen LogP contribution in [-0.4, -0.2) is 38.3 Å². The van der Waals surface area contributed by atoms with Crippen molar-refractivity contribution in [2.45, 2.75) is 51.3 Å². The molecule has 1 atom stereocenters. The third kappa shape index (κ3) is 4.83. The second kappa shape index (κ2) is 10.2. The van der Waals surface area contributed by atoms with Crippen LogP contribution >= 0.6 is 0 Å². The smallest absolute Gasteiger partial charge is 0.261 e. The molecule has 2 aliphatic rings. The highest BCUT2D eigenvalue weighted by atomic mass is 28.4. The molecule has 0 aromatic heterocycles. The van der Waals surface area contributed by atoms with Crippen molar-refractivity contribution in [3.8, 4) is 0 Å². The zero-order valence-electron chi connectivity index (χ0n) is 21.5. The van der Waals surface area contributed by atoms with Gasteiger partial charge in [0.2, 0.25) is 5.91 Å². The van der Waals surface area contributed by atoms with E-state index in [1.165, 1.54) is 21.5 Å². The Balaban J connectivity index is 1.52. The number of nitrogens with zero attached hydrogens (tertiary/aromatic N) is 1. The number of hydrogen-bond donors (Lipinski definition) is 1. The van der Waals surface area contributed by atoms with Crippen molar-refractivity contribution < 1.29 is 9.22 Å². The maximum absolute atomic E-state index is 13.0. The number of rotatable bonds is 6. The lowest BCUT2D eigenvalue weighted by Gasteiger charge is -2.47. The van der Waals surface area contributed by atoms with Crippen LogP contribution in [-0.2, 0) is 15.8 Å². The van der Waals surface area contributed by atoms with E-state index in [1.54, 1.807) is 0 Å². The topological polar surface area (TPSA) is 41.6 Å². The van der Waals surface area contributed by atoms with Gasteiger partial charge >= 0.3 is 0 Å². The number of nitrogens with one attached hydrogen (secondary N) is 1. The van der Waals surface area contributed by atoms with Gasteiger partial charge in [-0.15, -0.1) is 0 Å². The molecule has 0 saturated heterocycles. The number of hydrogen-bond acceptors (Lipinski definition) is 3. The zero-order valence-corrected chi connectivity index (χ0v) is 22.5. The Morgan fingerprint density at radius 2 is 1.44 bits per heavy atom. The summed E-state index contributed by atoms with van der Waals surface area (Å²) in [5.41, 5.74) is 3.60. The summed E-state index contributed by atoms with van der Waals surface area (Å²) in [6.07, 6.45) is 1.08. The first-order valence-corrected chi connectivity index (χ1v) is 14.8. The fourth-order valence-corrected chi connectivity index (χ4v) is 10.5. The van der Waals surface area contributed by atoms with Crippen molar-refractivity contribution in [2.75, 3.05) is 13.1 Å². The lowest BCUT2D eigenvalue weighted by molar-refractivity contribution is -0.122. The van der Waals surface area contributed by atoms with E-state index in [1.807, 2.05) is 0 Å². The van der Waals surface area contributed by atoms with Gasteiger partial charge in [0.15, 0.2) is 0 Å². The molecule has 0 fully saturated rings. The Labute approximate surface area is 216 Å². The largest absolute Gasteiger partial charge is 0.400 e. The maximum Gasteiger partial charge on any atom is 0.261 e. The van der Waals surface area contributed by atoms with E-state index in [-0.39, 0.29) is 17.0 Å². The predicted octanol–water partition coefficient (Wildman–Crippen LogP) is 4.61. The van der Waals surface area contributed by atoms with Crippen molar-refractivity contribution in [3.05, 3.63) is 108 Å². The highest BCUT2D eigenvalue weighted by molar-refractivity contribution is 6.99. The van der Waals surface area contributed by atoms with Gasteiger partial charge in [-0.2, -0.15) is 0 Å². The van der Waals surface area contributed by atoms with Crippen LogP contribution in [0.3, 0.4) is 0 Å². The van der Waals surface area contributed by atoms with Crippen LogP contribution in [0.25, 0.3) is 0 Å². The highest BCUT2D eigenvalue weighted by Crippen LogP contribution is 2.40. The van der Waals surface area contributed by atoms with Crippen LogP contribution in [0, 0.1) is 0 Å². The number of amides is 1. The molecule has 0 spiro atoms. The van der Waals surface area contributed by atoms with Crippen LogP contribution in [0.2, 0.25) is 5.04 Å². The Morgan fingerprint density at radius 1 is 0.889 bits per heavy atom. The molecular weight excluding hydrogens is 460 g/mol. The lowest BCUT2D eigenvalue weighted by Crippen LogP contribution is -2.68. The summed E-state index contributed by atoms with van der Waals surface area (Å²) in [7, 11) is -2.75. The van der Waals surface area contributed by atoms with E-state index in [2.05, 4.69) is 122 Å². The highest BCUT2D eigenvalue weighted by Gasteiger charge is 2.52. The SMILES string of the molecule is CC(C)(C)[Si](OC1CC(=O)NC2=C1CCN(Cc1ccccc1)C2)(c1ccccc1)c1ccccc1. The molecule has 0 aliphatic carbocycles. The van der Waals surface area contributed by atoms with E-state index < -0.39 is 8.32 Å². The monoisotopic (exact) mass is 496 g/mol. The molecule has 0 saturated carbocycles. The molecule has 1 unspecified atom stereocenters. The van der Waals surface area contributed by atoms with E-state index in [0.717, 1.165) is 31.8 Å². The molecule has 3 aromatic rings. The summed E-state index contributed by atoms with van der Waals surface area (Å²) in [6.45, 7) is 9.47. The average molecular weight is 497 g/mol. The first-order valence-electron chi connectivity index (χ1n) is 12.9. The Bertz CT molecular complexity index is 1180. The molecule has 0 bridgehead atoms. The van der Waals surface area contributed by atoms with Gasteiger partial charge in [-0.3, -0.25) is 9.69 Å². The van der Waals surface area contributed by atoms with Crippen molar-refractivity contribution in [2.24, 2.45) is 0 Å². The molecule has 5 rings (SSSR count). The third-order valence-electron chi connectivity index (χ3n) is 7.50. The zero-order chi connectivity index (χ0) is 25.2. The fraction of sp³-hybridized carbons (Fsp3) is 0.323. The van der Waals surface area contributed by atoms with Crippen molar-refractivity contribution in [1.29, 1.82) is 0 Å². The molecule has 2 heterocycles. The van der Waals surface area contributed by atoms with Gasteiger partial charge in [-0.05, 0) is 33.0 Å². The van der Waals surface area contributed by atoms with Crippen LogP contribution in [0.15, 0.2) is 102 Å². The predicted molar refractivity (Wildman–Crippen MR) is 149 cm³/mol. The average Bonchev–Trinajstić information content (AvgIpc) is 2.88. The fourth-order valence-electron chi connectivity index (χ4n) is 5.81. The lowest BCUT2D eigenvalue weighted by atomic mass is 9.94. The van der Waals surface area contributed by atoms with Gasteiger partial charge in [-0.1, -0.05) is 112 Å². The summed E-state index contributed by atoms with van der Waals surface area (Å²) in [6, 6.07) is 32.0. The maximum atomic E-state index is 13.0. The molecule has 1 amide bonds. The minimum absolute atomic E-state index is 0.0539. The van der Waals surface area contributed by atoms with Crippen molar-refractivity contribution in [1.82, 2.24) is 10.2 Å². The van der Waals surface area contributed by atoms with Crippen LogP contribution in [0.5, 0.6) is 0 Å². The van der Waals surface area contributed by atoms with E-state index in [0.29, 0.717) is 6.42 Å². The van der Waals surface area contributed by atoms with Gasteiger partial charge in [0.25, 0.3) is 8.32 Å². The van der Waals surface area contributed by atoms with Crippen LogP contribution in [0.1, 0.15) is 39.2 Å². The molecule has 1 N–H and O–H groups in total. The molecule has 4 nitrogen and oxygen atoms in total. The third-order valence-corrected chi connectivity index (χ3v) is 12.5. The van der Waals surface area contributed by atoms with Crippen molar-refractivity contribution in [3.63, 3.8) is 0 Å². The van der Waals surface area contributed by atoms with Gasteiger partial charge in [0.1, 0.15) is 0 Å². The standard InChI is InChI=1S/C31H36N2O2Si/c1-31(2,3)36(25-15-9-5-10-16-25,26-17-11-6-12-18-26)35-29-21-30(34)32-28-23-33(20-19-27(28)29)22-24-13-7-4-8-14-24/h4-18,29H,19-23H2,1-3H3,(H,32,34). The Morgan fingerprint density at radius 3 is 2.00 bits per heavy atom. The quantitative estimate of drug-likeness (QED) is 0.507. The van der Waals surface area contributed by atoms with Gasteiger partial charge < -0.3 is 9.74 Å². The van der Waals surface area contributed by atoms with E-state index in [9.17, 15) is 4.79 Å². The summed E-state index contributed by atoms with van der Waals surface area (Å²) in [5.74, 6) is 0.0539. The summed E-state index contributed by atoms with van der Waals surface area (Å²) in [4.78, 5) is 15.4. The minimum atomic E-state index is -2.75. The van der Waals surface area contributed by atoms with Crippen molar-refractivity contribution >= 4 is 24.6 Å². The molecule has 0 radical (unpaired) electrons. The molecule has 2 aliphatic heterocycles. The number of carbonyl (C=O) groups is 1. The Hall–Kier alpha value is -2.99. The molecule has 5 heteroatoms. The Kier molecular flexibility index (Phi) is 6.98. The minimum Gasteiger partial charge on any atom is -0.400 e. The van der Waals surface area contributed by atoms with Gasteiger partial charge in [0, 0.05) is 25.3 Å². The summed E-state index contributed by atoms with van der Waals surface area (Å²) in [5, 5.41) is 5.57. The first-order chi connectivity index (χ1) is 17.4. The normalized spacial score (nSPS) is 19.1. The summed E-state index contributed by atoms with van der Waals surface area (Å²) >= 11 is 0. The summed E-state index contributed by atoms with van der Waals surface area (Å²) < 4.78 is 7.41. The molecule has 36 heavy (non-hydrogen) atoms. The molecular formula is C31H36N2O2Si. The number of carbonyl (C=O) groups excluding carboxylic acids is 1. The van der Waals surface area contributed by atoms with Crippen LogP contribution in [0.4, 0.5) is 0 Å². The second-order valence-electron chi connectivity index (χ2n) is 11.0. The van der Waals surface area contributed by atoms with Crippen LogP contribution < -0.4 is 15.7 Å². The second-order valence-corrected chi connectivity index (χ2v) is 15.2. The van der Waals surface area contributed by atoms with E-state index in [4.69, 9.17) is 4.43 Å². The van der Waals surface area contributed by atoms with Gasteiger partial charge in [0.05, 0.1) is 12.5 Å². The van der Waals surface area contributed by atoms with Gasteiger partial charge in [-0.25, -0.2) is 0 Å². The number of benzene rings is 3. The molecule has 3 aromatic carbocycles. The first kappa shape index (κ1) is 24.7.